The minimum atomic E-state index is -0.202. The zero-order valence-corrected chi connectivity index (χ0v) is 15.5. The first-order valence-electron chi connectivity index (χ1n) is 8.65. The number of aromatic nitrogens is 1. The predicted octanol–water partition coefficient (Wildman–Crippen LogP) is 4.90. The van der Waals surface area contributed by atoms with Gasteiger partial charge in [-0.15, -0.1) is 0 Å². The molecule has 0 atom stereocenters. The van der Waals surface area contributed by atoms with E-state index in [-0.39, 0.29) is 11.7 Å². The Balaban J connectivity index is 1.67. The molecule has 0 aliphatic rings. The van der Waals surface area contributed by atoms with Gasteiger partial charge in [-0.05, 0) is 68.8 Å². The molecule has 0 saturated heterocycles. The maximum atomic E-state index is 12.4. The molecule has 5 heteroatoms. The molecule has 0 aliphatic carbocycles. The van der Waals surface area contributed by atoms with Crippen LogP contribution in [0.15, 0.2) is 60.8 Å². The average Bonchev–Trinajstić information content (AvgIpc) is 2.65. The van der Waals surface area contributed by atoms with Crippen molar-refractivity contribution in [2.45, 2.75) is 20.8 Å². The van der Waals surface area contributed by atoms with Crippen molar-refractivity contribution in [1.29, 1.82) is 0 Å². The molecule has 3 aromatic rings. The van der Waals surface area contributed by atoms with Crippen LogP contribution >= 0.6 is 0 Å². The Morgan fingerprint density at radius 3 is 2.19 bits per heavy atom. The maximum Gasteiger partial charge on any atom is 0.257 e. The van der Waals surface area contributed by atoms with Crippen molar-refractivity contribution >= 4 is 28.9 Å². The highest BCUT2D eigenvalue weighted by atomic mass is 16.1. The molecule has 2 N–H and O–H groups in total. The van der Waals surface area contributed by atoms with Gasteiger partial charge in [-0.1, -0.05) is 17.7 Å². The van der Waals surface area contributed by atoms with Crippen LogP contribution in [0, 0.1) is 13.8 Å². The summed E-state index contributed by atoms with van der Waals surface area (Å²) in [5.74, 6) is 0.444. The molecule has 1 heterocycles. The number of benzene rings is 2. The molecule has 3 rings (SSSR count). The SMILES string of the molecule is CC(=O)c1ccc(Nc2ccc(C(=O)Nc3ccc(C)cc3C)cn2)cc1. The van der Waals surface area contributed by atoms with E-state index in [1.54, 1.807) is 24.3 Å². The van der Waals surface area contributed by atoms with Gasteiger partial charge >= 0.3 is 0 Å². The van der Waals surface area contributed by atoms with Gasteiger partial charge < -0.3 is 10.6 Å². The molecule has 0 bridgehead atoms. The van der Waals surface area contributed by atoms with Crippen LogP contribution < -0.4 is 10.6 Å². The summed E-state index contributed by atoms with van der Waals surface area (Å²) in [6.07, 6.45) is 1.53. The molecule has 0 radical (unpaired) electrons. The predicted molar refractivity (Wildman–Crippen MR) is 108 cm³/mol. The molecule has 0 unspecified atom stereocenters. The van der Waals surface area contributed by atoms with Crippen LogP contribution in [-0.2, 0) is 0 Å². The molecule has 0 spiro atoms. The van der Waals surface area contributed by atoms with Crippen LogP contribution in [0.1, 0.15) is 38.8 Å². The highest BCUT2D eigenvalue weighted by Crippen LogP contribution is 2.19. The van der Waals surface area contributed by atoms with Gasteiger partial charge in [0.2, 0.25) is 0 Å². The fourth-order valence-corrected chi connectivity index (χ4v) is 2.69. The minimum absolute atomic E-state index is 0.0267. The van der Waals surface area contributed by atoms with Gasteiger partial charge in [-0.3, -0.25) is 9.59 Å². The molecule has 0 fully saturated rings. The second-order valence-electron chi connectivity index (χ2n) is 6.46. The van der Waals surface area contributed by atoms with E-state index in [0.29, 0.717) is 16.9 Å². The highest BCUT2D eigenvalue weighted by molar-refractivity contribution is 6.04. The topological polar surface area (TPSA) is 71.1 Å². The van der Waals surface area contributed by atoms with Crippen LogP contribution in [0.5, 0.6) is 0 Å². The Morgan fingerprint density at radius 1 is 0.889 bits per heavy atom. The smallest absolute Gasteiger partial charge is 0.257 e. The van der Waals surface area contributed by atoms with E-state index in [2.05, 4.69) is 15.6 Å². The number of hydrogen-bond donors (Lipinski definition) is 2. The Bertz CT molecular complexity index is 977. The normalized spacial score (nSPS) is 10.3. The zero-order chi connectivity index (χ0) is 19.4. The first-order valence-corrected chi connectivity index (χ1v) is 8.65. The van der Waals surface area contributed by atoms with E-state index in [9.17, 15) is 9.59 Å². The van der Waals surface area contributed by atoms with Crippen molar-refractivity contribution in [3.63, 3.8) is 0 Å². The third-order valence-corrected chi connectivity index (χ3v) is 4.22. The number of nitrogens with one attached hydrogen (secondary N) is 2. The molecule has 136 valence electrons. The highest BCUT2D eigenvalue weighted by Gasteiger charge is 2.09. The summed E-state index contributed by atoms with van der Waals surface area (Å²) < 4.78 is 0. The van der Waals surface area contributed by atoms with Crippen LogP contribution in [0.4, 0.5) is 17.2 Å². The number of aryl methyl sites for hydroxylation is 2. The van der Waals surface area contributed by atoms with Gasteiger partial charge in [-0.25, -0.2) is 4.98 Å². The fourth-order valence-electron chi connectivity index (χ4n) is 2.69. The molecule has 0 aliphatic heterocycles. The number of pyridine rings is 1. The Morgan fingerprint density at radius 2 is 1.59 bits per heavy atom. The van der Waals surface area contributed by atoms with Crippen molar-refractivity contribution in [2.75, 3.05) is 10.6 Å². The average molecular weight is 359 g/mol. The fraction of sp³-hybridized carbons (Fsp3) is 0.136. The molecule has 0 saturated carbocycles. The summed E-state index contributed by atoms with van der Waals surface area (Å²) in [5.41, 5.74) is 4.92. The molecule has 5 nitrogen and oxygen atoms in total. The number of rotatable bonds is 5. The lowest BCUT2D eigenvalue weighted by Crippen LogP contribution is -2.13. The first-order chi connectivity index (χ1) is 12.9. The summed E-state index contributed by atoms with van der Waals surface area (Å²) in [5, 5.41) is 6.06. The van der Waals surface area contributed by atoms with E-state index in [1.807, 2.05) is 44.2 Å². The number of carbonyl (C=O) groups excluding carboxylic acids is 2. The molecule has 27 heavy (non-hydrogen) atoms. The summed E-state index contributed by atoms with van der Waals surface area (Å²) >= 11 is 0. The monoisotopic (exact) mass is 359 g/mol. The zero-order valence-electron chi connectivity index (χ0n) is 15.5. The van der Waals surface area contributed by atoms with Crippen molar-refractivity contribution < 1.29 is 9.59 Å². The lowest BCUT2D eigenvalue weighted by atomic mass is 10.1. The van der Waals surface area contributed by atoms with E-state index in [0.717, 1.165) is 22.5 Å². The van der Waals surface area contributed by atoms with Crippen molar-refractivity contribution in [3.05, 3.63) is 83.0 Å². The van der Waals surface area contributed by atoms with Gasteiger partial charge in [0.05, 0.1) is 5.56 Å². The second-order valence-corrected chi connectivity index (χ2v) is 6.46. The lowest BCUT2D eigenvalue weighted by molar-refractivity contribution is 0.101. The van der Waals surface area contributed by atoms with Crippen LogP contribution in [-0.4, -0.2) is 16.7 Å². The number of carbonyl (C=O) groups is 2. The Labute approximate surface area is 158 Å². The molecule has 1 amide bonds. The third-order valence-electron chi connectivity index (χ3n) is 4.22. The largest absolute Gasteiger partial charge is 0.340 e. The summed E-state index contributed by atoms with van der Waals surface area (Å²) in [6.45, 7) is 5.51. The van der Waals surface area contributed by atoms with E-state index in [4.69, 9.17) is 0 Å². The molecule has 2 aromatic carbocycles. The van der Waals surface area contributed by atoms with Crippen LogP contribution in [0.2, 0.25) is 0 Å². The van der Waals surface area contributed by atoms with E-state index in [1.165, 1.54) is 13.1 Å². The lowest BCUT2D eigenvalue weighted by Gasteiger charge is -2.10. The van der Waals surface area contributed by atoms with Crippen molar-refractivity contribution in [2.24, 2.45) is 0 Å². The number of ketones is 1. The number of anilines is 3. The van der Waals surface area contributed by atoms with Gasteiger partial charge in [0.1, 0.15) is 5.82 Å². The molecular weight excluding hydrogens is 338 g/mol. The third kappa shape index (κ3) is 4.58. The standard InChI is InChI=1S/C22H21N3O2/c1-14-4-10-20(15(2)12-14)25-22(27)18-7-11-21(23-13-18)24-19-8-5-17(6-9-19)16(3)26/h4-13H,1-3H3,(H,23,24)(H,25,27). The number of Topliss-reactive ketones (excluding diaryl/α,β-unsaturated/α-hetero) is 1. The van der Waals surface area contributed by atoms with E-state index < -0.39 is 0 Å². The number of nitrogens with zero attached hydrogens (tertiary/aromatic N) is 1. The van der Waals surface area contributed by atoms with Gasteiger partial charge in [0.25, 0.3) is 5.91 Å². The van der Waals surface area contributed by atoms with Crippen molar-refractivity contribution in [3.8, 4) is 0 Å². The minimum Gasteiger partial charge on any atom is -0.340 e. The summed E-state index contributed by atoms with van der Waals surface area (Å²) in [6, 6.07) is 16.5. The molecule has 1 aromatic heterocycles. The quantitative estimate of drug-likeness (QED) is 0.636. The van der Waals surface area contributed by atoms with Gasteiger partial charge in [0.15, 0.2) is 5.78 Å². The Kier molecular flexibility index (Phi) is 5.31. The summed E-state index contributed by atoms with van der Waals surface area (Å²) in [4.78, 5) is 28.0. The number of hydrogen-bond acceptors (Lipinski definition) is 4. The first kappa shape index (κ1) is 18.3. The van der Waals surface area contributed by atoms with E-state index >= 15 is 0 Å². The Hall–Kier alpha value is -3.47. The molecular formula is C22H21N3O2. The number of amides is 1. The van der Waals surface area contributed by atoms with Gasteiger partial charge in [-0.2, -0.15) is 0 Å². The van der Waals surface area contributed by atoms with Crippen molar-refractivity contribution in [1.82, 2.24) is 4.98 Å². The maximum absolute atomic E-state index is 12.4. The summed E-state index contributed by atoms with van der Waals surface area (Å²) in [7, 11) is 0. The van der Waals surface area contributed by atoms with Crippen LogP contribution in [0.25, 0.3) is 0 Å². The van der Waals surface area contributed by atoms with Crippen LogP contribution in [0.3, 0.4) is 0 Å². The second kappa shape index (κ2) is 7.83. The van der Waals surface area contributed by atoms with Gasteiger partial charge in [0, 0.05) is 23.1 Å².